The molecule has 1 aliphatic carbocycles. The maximum absolute atomic E-state index is 12.8. The molecule has 2 aliphatic heterocycles. The molecule has 7 nitrogen and oxygen atoms in total. The van der Waals surface area contributed by atoms with Crippen LogP contribution in [-0.2, 0) is 22.6 Å². The number of hydrogen-bond donors (Lipinski definition) is 1. The molecule has 1 saturated heterocycles. The summed E-state index contributed by atoms with van der Waals surface area (Å²) in [5.41, 5.74) is 2.08. The lowest BCUT2D eigenvalue weighted by Gasteiger charge is -2.34. The molecular formula is C22H33N5O2. The molecule has 3 aliphatic rings. The van der Waals surface area contributed by atoms with Crippen LogP contribution in [0.4, 0.5) is 5.82 Å². The first kappa shape index (κ1) is 20.1. The molecule has 1 aromatic heterocycles. The van der Waals surface area contributed by atoms with Gasteiger partial charge in [0, 0.05) is 57.9 Å². The third-order valence-corrected chi connectivity index (χ3v) is 6.84. The lowest BCUT2D eigenvalue weighted by atomic mass is 9.95. The third-order valence-electron chi connectivity index (χ3n) is 6.84. The average Bonchev–Trinajstić information content (AvgIpc) is 3.25. The van der Waals surface area contributed by atoms with Crippen LogP contribution < -0.4 is 5.32 Å². The standard InChI is InChI=1S/C22H33N5O2/c1-15(28)26-11-9-19-18(14-26)22(23-2)25-21(24-19)17-8-5-10-27(13-17)20(29)12-16-6-3-4-7-16/h16-17H,3-14H2,1-2H3,(H,23,24,25)/t17-/m0/s1. The Kier molecular flexibility index (Phi) is 6.01. The van der Waals surface area contributed by atoms with Gasteiger partial charge >= 0.3 is 0 Å². The molecule has 1 aromatic rings. The number of fused-ring (bicyclic) bond motifs is 1. The molecule has 4 rings (SSSR count). The Morgan fingerprint density at radius 1 is 1.07 bits per heavy atom. The average molecular weight is 400 g/mol. The minimum Gasteiger partial charge on any atom is -0.373 e. The van der Waals surface area contributed by atoms with Crippen molar-refractivity contribution in [3.8, 4) is 0 Å². The minimum atomic E-state index is 0.0884. The van der Waals surface area contributed by atoms with Gasteiger partial charge in [-0.25, -0.2) is 9.97 Å². The first-order chi connectivity index (χ1) is 14.0. The van der Waals surface area contributed by atoms with Gasteiger partial charge in [0.25, 0.3) is 0 Å². The third kappa shape index (κ3) is 4.38. The highest BCUT2D eigenvalue weighted by atomic mass is 16.2. The first-order valence-corrected chi connectivity index (χ1v) is 11.2. The highest BCUT2D eigenvalue weighted by Crippen LogP contribution is 2.32. The number of piperidine rings is 1. The molecule has 1 saturated carbocycles. The Hall–Kier alpha value is -2.18. The largest absolute Gasteiger partial charge is 0.373 e. The molecule has 7 heteroatoms. The van der Waals surface area contributed by atoms with Crippen molar-refractivity contribution in [1.82, 2.24) is 19.8 Å². The van der Waals surface area contributed by atoms with Gasteiger partial charge in [0.15, 0.2) is 0 Å². The van der Waals surface area contributed by atoms with E-state index < -0.39 is 0 Å². The van der Waals surface area contributed by atoms with E-state index in [1.54, 1.807) is 6.92 Å². The van der Waals surface area contributed by atoms with Crippen LogP contribution in [-0.4, -0.2) is 58.3 Å². The highest BCUT2D eigenvalue weighted by Gasteiger charge is 2.31. The SMILES string of the molecule is CNc1nc([C@H]2CCCN(C(=O)CC3CCCC3)C2)nc2c1CN(C(C)=O)CC2. The van der Waals surface area contributed by atoms with Gasteiger partial charge in [0.2, 0.25) is 11.8 Å². The Labute approximate surface area is 173 Å². The van der Waals surface area contributed by atoms with Gasteiger partial charge in [-0.05, 0) is 31.6 Å². The van der Waals surface area contributed by atoms with Crippen LogP contribution in [0.15, 0.2) is 0 Å². The van der Waals surface area contributed by atoms with E-state index in [1.165, 1.54) is 25.7 Å². The lowest BCUT2D eigenvalue weighted by molar-refractivity contribution is -0.133. The fraction of sp³-hybridized carbons (Fsp3) is 0.727. The summed E-state index contributed by atoms with van der Waals surface area (Å²) in [7, 11) is 1.87. The molecular weight excluding hydrogens is 366 g/mol. The number of aromatic nitrogens is 2. The summed E-state index contributed by atoms with van der Waals surface area (Å²) >= 11 is 0. The summed E-state index contributed by atoms with van der Waals surface area (Å²) in [6, 6.07) is 0. The number of carbonyl (C=O) groups excluding carboxylic acids is 2. The molecule has 0 spiro atoms. The van der Waals surface area contributed by atoms with E-state index in [2.05, 4.69) is 5.32 Å². The van der Waals surface area contributed by atoms with E-state index in [1.807, 2.05) is 16.8 Å². The number of rotatable bonds is 4. The molecule has 0 bridgehead atoms. The lowest BCUT2D eigenvalue weighted by Crippen LogP contribution is -2.40. The monoisotopic (exact) mass is 399 g/mol. The molecule has 29 heavy (non-hydrogen) atoms. The topological polar surface area (TPSA) is 78.4 Å². The molecule has 0 unspecified atom stereocenters. The summed E-state index contributed by atoms with van der Waals surface area (Å²) < 4.78 is 0. The first-order valence-electron chi connectivity index (χ1n) is 11.2. The predicted molar refractivity (Wildman–Crippen MR) is 112 cm³/mol. The summed E-state index contributed by atoms with van der Waals surface area (Å²) in [6.07, 6.45) is 8.47. The zero-order valence-corrected chi connectivity index (χ0v) is 17.7. The number of hydrogen-bond acceptors (Lipinski definition) is 5. The van der Waals surface area contributed by atoms with Crippen molar-refractivity contribution >= 4 is 17.6 Å². The summed E-state index contributed by atoms with van der Waals surface area (Å²) in [5, 5.41) is 3.21. The zero-order chi connectivity index (χ0) is 20.4. The van der Waals surface area contributed by atoms with Crippen LogP contribution >= 0.6 is 0 Å². The van der Waals surface area contributed by atoms with Crippen molar-refractivity contribution in [2.45, 2.75) is 70.8 Å². The van der Waals surface area contributed by atoms with Crippen LogP contribution in [0, 0.1) is 5.92 Å². The van der Waals surface area contributed by atoms with Crippen LogP contribution in [0.1, 0.15) is 74.9 Å². The Balaban J connectivity index is 1.49. The molecule has 1 atom stereocenters. The smallest absolute Gasteiger partial charge is 0.222 e. The number of likely N-dealkylation sites (tertiary alicyclic amines) is 1. The second kappa shape index (κ2) is 8.67. The minimum absolute atomic E-state index is 0.0884. The highest BCUT2D eigenvalue weighted by molar-refractivity contribution is 5.76. The molecule has 2 fully saturated rings. The van der Waals surface area contributed by atoms with Gasteiger partial charge in [0.05, 0.1) is 12.2 Å². The quantitative estimate of drug-likeness (QED) is 0.842. The van der Waals surface area contributed by atoms with E-state index in [4.69, 9.17) is 9.97 Å². The fourth-order valence-electron chi connectivity index (χ4n) is 5.10. The van der Waals surface area contributed by atoms with Gasteiger partial charge in [-0.1, -0.05) is 12.8 Å². The Bertz CT molecular complexity index is 757. The van der Waals surface area contributed by atoms with Gasteiger partial charge in [-0.2, -0.15) is 0 Å². The van der Waals surface area contributed by atoms with Gasteiger partial charge < -0.3 is 15.1 Å². The van der Waals surface area contributed by atoms with Crippen molar-refractivity contribution < 1.29 is 9.59 Å². The number of nitrogens with zero attached hydrogens (tertiary/aromatic N) is 4. The predicted octanol–water partition coefficient (Wildman–Crippen LogP) is 2.71. The number of nitrogens with one attached hydrogen (secondary N) is 1. The summed E-state index contributed by atoms with van der Waals surface area (Å²) in [6.45, 7) is 4.47. The van der Waals surface area contributed by atoms with Crippen LogP contribution in [0.25, 0.3) is 0 Å². The normalized spacial score (nSPS) is 22.5. The van der Waals surface area contributed by atoms with Crippen molar-refractivity contribution in [2.24, 2.45) is 5.92 Å². The molecule has 158 valence electrons. The van der Waals surface area contributed by atoms with Crippen molar-refractivity contribution in [2.75, 3.05) is 32.0 Å². The fourth-order valence-corrected chi connectivity index (χ4v) is 5.10. The van der Waals surface area contributed by atoms with E-state index in [0.717, 1.165) is 55.3 Å². The maximum atomic E-state index is 12.8. The maximum Gasteiger partial charge on any atom is 0.222 e. The molecule has 0 radical (unpaired) electrons. The van der Waals surface area contributed by atoms with E-state index in [0.29, 0.717) is 31.3 Å². The Morgan fingerprint density at radius 2 is 1.86 bits per heavy atom. The van der Waals surface area contributed by atoms with E-state index >= 15 is 0 Å². The summed E-state index contributed by atoms with van der Waals surface area (Å²) in [5.74, 6) is 2.85. The number of carbonyl (C=O) groups is 2. The molecule has 1 N–H and O–H groups in total. The van der Waals surface area contributed by atoms with Crippen molar-refractivity contribution in [3.63, 3.8) is 0 Å². The zero-order valence-electron chi connectivity index (χ0n) is 17.7. The second-order valence-corrected chi connectivity index (χ2v) is 8.83. The van der Waals surface area contributed by atoms with E-state index in [-0.39, 0.29) is 11.8 Å². The molecule has 3 heterocycles. The molecule has 2 amide bonds. The molecule has 0 aromatic carbocycles. The van der Waals surface area contributed by atoms with Gasteiger partial charge in [-0.3, -0.25) is 9.59 Å². The van der Waals surface area contributed by atoms with Crippen molar-refractivity contribution in [1.29, 1.82) is 0 Å². The van der Waals surface area contributed by atoms with Crippen LogP contribution in [0.2, 0.25) is 0 Å². The van der Waals surface area contributed by atoms with Crippen LogP contribution in [0.3, 0.4) is 0 Å². The van der Waals surface area contributed by atoms with Gasteiger partial charge in [0.1, 0.15) is 11.6 Å². The Morgan fingerprint density at radius 3 is 2.59 bits per heavy atom. The number of anilines is 1. The van der Waals surface area contributed by atoms with Crippen LogP contribution in [0.5, 0.6) is 0 Å². The second-order valence-electron chi connectivity index (χ2n) is 8.83. The summed E-state index contributed by atoms with van der Waals surface area (Å²) in [4.78, 5) is 38.2. The number of amides is 2. The van der Waals surface area contributed by atoms with E-state index in [9.17, 15) is 9.59 Å². The van der Waals surface area contributed by atoms with Crippen molar-refractivity contribution in [3.05, 3.63) is 17.1 Å². The van der Waals surface area contributed by atoms with Gasteiger partial charge in [-0.15, -0.1) is 0 Å².